The number of ether oxygens (including phenoxy) is 1. The smallest absolute Gasteiger partial charge is 0.306 e. The van der Waals surface area contributed by atoms with Crippen LogP contribution in [0.3, 0.4) is 0 Å². The third-order valence-corrected chi connectivity index (χ3v) is 3.32. The maximum atomic E-state index is 12.0. The van der Waals surface area contributed by atoms with Gasteiger partial charge in [0.25, 0.3) is 5.56 Å². The van der Waals surface area contributed by atoms with E-state index in [1.54, 1.807) is 18.3 Å². The fraction of sp³-hybridized carbons (Fsp3) is 0.400. The van der Waals surface area contributed by atoms with Gasteiger partial charge < -0.3 is 4.74 Å². The summed E-state index contributed by atoms with van der Waals surface area (Å²) in [5.41, 5.74) is 1.24. The number of aromatic nitrogens is 2. The predicted octanol–water partition coefficient (Wildman–Crippen LogP) is 1.08. The lowest BCUT2D eigenvalue weighted by Crippen LogP contribution is -2.27. The molecule has 21 heavy (non-hydrogen) atoms. The van der Waals surface area contributed by atoms with Gasteiger partial charge in [-0.2, -0.15) is 0 Å². The van der Waals surface area contributed by atoms with Gasteiger partial charge in [0.05, 0.1) is 19.2 Å². The summed E-state index contributed by atoms with van der Waals surface area (Å²) in [6.45, 7) is 3.89. The van der Waals surface area contributed by atoms with Gasteiger partial charge in [-0.25, -0.2) is 4.98 Å². The second-order valence-electron chi connectivity index (χ2n) is 4.71. The largest absolute Gasteiger partial charge is 0.469 e. The fourth-order valence-corrected chi connectivity index (χ4v) is 2.11. The molecule has 6 nitrogen and oxygen atoms in total. The van der Waals surface area contributed by atoms with Crippen LogP contribution in [-0.4, -0.2) is 40.5 Å². The molecule has 0 saturated heterocycles. The zero-order valence-corrected chi connectivity index (χ0v) is 12.3. The van der Waals surface area contributed by atoms with Crippen LogP contribution >= 0.6 is 0 Å². The van der Waals surface area contributed by atoms with E-state index in [0.29, 0.717) is 30.9 Å². The highest BCUT2D eigenvalue weighted by molar-refractivity contribution is 5.69. The average molecular weight is 289 g/mol. The molecule has 0 bridgehead atoms. The Morgan fingerprint density at radius 2 is 2.24 bits per heavy atom. The predicted molar refractivity (Wildman–Crippen MR) is 79.0 cm³/mol. The molecule has 2 heterocycles. The number of rotatable bonds is 6. The van der Waals surface area contributed by atoms with Gasteiger partial charge in [0.1, 0.15) is 5.65 Å². The summed E-state index contributed by atoms with van der Waals surface area (Å²) in [4.78, 5) is 29.7. The Labute approximate surface area is 123 Å². The molecular weight excluding hydrogens is 270 g/mol. The summed E-state index contributed by atoms with van der Waals surface area (Å²) in [5, 5.41) is 0. The highest BCUT2D eigenvalue weighted by Crippen LogP contribution is 2.04. The fourth-order valence-electron chi connectivity index (χ4n) is 2.11. The summed E-state index contributed by atoms with van der Waals surface area (Å²) >= 11 is 0. The number of hydrogen-bond donors (Lipinski definition) is 0. The maximum absolute atomic E-state index is 12.0. The van der Waals surface area contributed by atoms with Crippen LogP contribution < -0.4 is 5.56 Å². The molecule has 0 aliphatic carbocycles. The van der Waals surface area contributed by atoms with E-state index in [-0.39, 0.29) is 11.5 Å². The minimum absolute atomic E-state index is 0.0976. The normalized spacial score (nSPS) is 11.0. The van der Waals surface area contributed by atoms with Gasteiger partial charge in [-0.15, -0.1) is 0 Å². The van der Waals surface area contributed by atoms with Gasteiger partial charge in [0, 0.05) is 25.4 Å². The monoisotopic (exact) mass is 289 g/mol. The van der Waals surface area contributed by atoms with Crippen molar-refractivity contribution in [3.8, 4) is 0 Å². The van der Waals surface area contributed by atoms with Gasteiger partial charge in [0.15, 0.2) is 0 Å². The number of hydrogen-bond acceptors (Lipinski definition) is 5. The topological polar surface area (TPSA) is 63.9 Å². The van der Waals surface area contributed by atoms with Crippen LogP contribution in [0.1, 0.15) is 19.0 Å². The van der Waals surface area contributed by atoms with E-state index in [1.807, 2.05) is 13.0 Å². The Balaban J connectivity index is 2.14. The molecule has 112 valence electrons. The number of nitrogens with zero attached hydrogens (tertiary/aromatic N) is 3. The van der Waals surface area contributed by atoms with Crippen molar-refractivity contribution in [1.29, 1.82) is 0 Å². The molecule has 0 spiro atoms. The minimum Gasteiger partial charge on any atom is -0.469 e. The van der Waals surface area contributed by atoms with Crippen molar-refractivity contribution >= 4 is 11.6 Å². The standard InChI is InChI=1S/C15H19N3O3/c1-3-17(9-7-15(20)21-2)11-12-10-14(19)18-8-5-4-6-13(18)16-12/h4-6,8,10H,3,7,9,11H2,1-2H3. The number of esters is 1. The average Bonchev–Trinajstić information content (AvgIpc) is 2.51. The number of carbonyl (C=O) groups is 1. The van der Waals surface area contributed by atoms with Crippen molar-refractivity contribution in [2.75, 3.05) is 20.2 Å². The minimum atomic E-state index is -0.236. The molecule has 0 aromatic carbocycles. The molecule has 2 aromatic rings. The Hall–Kier alpha value is -2.21. The van der Waals surface area contributed by atoms with E-state index >= 15 is 0 Å². The van der Waals surface area contributed by atoms with Crippen molar-refractivity contribution < 1.29 is 9.53 Å². The third-order valence-electron chi connectivity index (χ3n) is 3.32. The summed E-state index contributed by atoms with van der Waals surface area (Å²) in [6, 6.07) is 6.98. The lowest BCUT2D eigenvalue weighted by atomic mass is 10.3. The first-order chi connectivity index (χ1) is 10.1. The summed E-state index contributed by atoms with van der Waals surface area (Å²) in [7, 11) is 1.38. The van der Waals surface area contributed by atoms with Crippen LogP contribution in [0, 0.1) is 0 Å². The second kappa shape index (κ2) is 6.99. The van der Waals surface area contributed by atoms with Crippen molar-refractivity contribution in [1.82, 2.24) is 14.3 Å². The van der Waals surface area contributed by atoms with E-state index in [1.165, 1.54) is 17.6 Å². The first-order valence-corrected chi connectivity index (χ1v) is 6.90. The maximum Gasteiger partial charge on any atom is 0.306 e. The summed E-state index contributed by atoms with van der Waals surface area (Å²) < 4.78 is 6.15. The van der Waals surface area contributed by atoms with Crippen LogP contribution in [0.5, 0.6) is 0 Å². The molecule has 2 aromatic heterocycles. The molecule has 2 rings (SSSR count). The van der Waals surface area contributed by atoms with E-state index in [0.717, 1.165) is 6.54 Å². The van der Waals surface area contributed by atoms with Gasteiger partial charge >= 0.3 is 5.97 Å². The zero-order valence-electron chi connectivity index (χ0n) is 12.3. The van der Waals surface area contributed by atoms with Gasteiger partial charge in [-0.05, 0) is 18.7 Å². The Bertz CT molecular complexity index is 681. The van der Waals surface area contributed by atoms with Crippen LogP contribution in [-0.2, 0) is 16.1 Å². The lowest BCUT2D eigenvalue weighted by molar-refractivity contribution is -0.141. The quantitative estimate of drug-likeness (QED) is 0.745. The number of methoxy groups -OCH3 is 1. The summed E-state index contributed by atoms with van der Waals surface area (Å²) in [5.74, 6) is -0.236. The molecule has 0 fully saturated rings. The molecule has 0 N–H and O–H groups in total. The van der Waals surface area contributed by atoms with E-state index in [4.69, 9.17) is 0 Å². The molecule has 0 aliphatic heterocycles. The summed E-state index contributed by atoms with van der Waals surface area (Å²) in [6.07, 6.45) is 2.03. The molecule has 0 saturated carbocycles. The van der Waals surface area contributed by atoms with Crippen molar-refractivity contribution in [2.45, 2.75) is 19.9 Å². The van der Waals surface area contributed by atoms with Crippen LogP contribution in [0.4, 0.5) is 0 Å². The van der Waals surface area contributed by atoms with Gasteiger partial charge in [-0.3, -0.25) is 18.9 Å². The van der Waals surface area contributed by atoms with E-state index in [2.05, 4.69) is 14.6 Å². The molecule has 0 unspecified atom stereocenters. The van der Waals surface area contributed by atoms with Crippen molar-refractivity contribution in [3.63, 3.8) is 0 Å². The number of pyridine rings is 1. The third kappa shape index (κ3) is 3.88. The van der Waals surface area contributed by atoms with E-state index < -0.39 is 0 Å². The lowest BCUT2D eigenvalue weighted by Gasteiger charge is -2.19. The SMILES string of the molecule is CCN(CCC(=O)OC)Cc1cc(=O)n2ccccc2n1. The molecular formula is C15H19N3O3. The first-order valence-electron chi connectivity index (χ1n) is 6.90. The molecule has 0 radical (unpaired) electrons. The Morgan fingerprint density at radius 3 is 2.95 bits per heavy atom. The zero-order chi connectivity index (χ0) is 15.2. The Morgan fingerprint density at radius 1 is 1.43 bits per heavy atom. The van der Waals surface area contributed by atoms with Crippen molar-refractivity contribution in [2.24, 2.45) is 0 Å². The van der Waals surface area contributed by atoms with Gasteiger partial charge in [-0.1, -0.05) is 13.0 Å². The highest BCUT2D eigenvalue weighted by atomic mass is 16.5. The number of carbonyl (C=O) groups excluding carboxylic acids is 1. The molecule has 6 heteroatoms. The van der Waals surface area contributed by atoms with Crippen LogP contribution in [0.15, 0.2) is 35.3 Å². The second-order valence-corrected chi connectivity index (χ2v) is 4.71. The van der Waals surface area contributed by atoms with E-state index in [9.17, 15) is 9.59 Å². The van der Waals surface area contributed by atoms with Crippen molar-refractivity contribution in [3.05, 3.63) is 46.5 Å². The molecule has 0 aliphatic rings. The van der Waals surface area contributed by atoms with Crippen LogP contribution in [0.25, 0.3) is 5.65 Å². The Kier molecular flexibility index (Phi) is 5.05. The molecule has 0 amide bonds. The number of fused-ring (bicyclic) bond motifs is 1. The van der Waals surface area contributed by atoms with Crippen LogP contribution in [0.2, 0.25) is 0 Å². The molecule has 0 atom stereocenters. The first kappa shape index (κ1) is 15.2. The highest BCUT2D eigenvalue weighted by Gasteiger charge is 2.09. The van der Waals surface area contributed by atoms with Gasteiger partial charge in [0.2, 0.25) is 0 Å².